The maximum atomic E-state index is 12.4. The smallest absolute Gasteiger partial charge is 0.336 e. The molecule has 0 saturated carbocycles. The van der Waals surface area contributed by atoms with E-state index in [0.717, 1.165) is 0 Å². The van der Waals surface area contributed by atoms with Crippen LogP contribution in [-0.4, -0.2) is 35.1 Å². The number of nitrogens with two attached hydrogens (primary N) is 1. The number of para-hydroxylation sites is 1. The molecule has 1 heterocycles. The summed E-state index contributed by atoms with van der Waals surface area (Å²) in [5, 5.41) is 0. The second-order valence-electron chi connectivity index (χ2n) is 6.33. The number of hydrogen-bond donors (Lipinski definition) is 1. The van der Waals surface area contributed by atoms with Crippen molar-refractivity contribution in [3.05, 3.63) is 85.0 Å². The lowest BCUT2D eigenvalue weighted by Gasteiger charge is -2.12. The van der Waals surface area contributed by atoms with E-state index in [1.807, 2.05) is 12.1 Å². The number of rotatable bonds is 9. The molecule has 2 aromatic carbocycles. The van der Waals surface area contributed by atoms with E-state index in [2.05, 4.69) is 11.6 Å². The molecule has 31 heavy (non-hydrogen) atoms. The molecule has 0 aliphatic carbocycles. The second-order valence-corrected chi connectivity index (χ2v) is 6.33. The van der Waals surface area contributed by atoms with Gasteiger partial charge >= 0.3 is 5.97 Å². The largest absolute Gasteiger partial charge is 0.493 e. The van der Waals surface area contributed by atoms with Crippen LogP contribution in [0.15, 0.2) is 73.8 Å². The molecular formula is C23H21N3O5. The van der Waals surface area contributed by atoms with Gasteiger partial charge in [0.1, 0.15) is 5.75 Å². The highest BCUT2D eigenvalue weighted by molar-refractivity contribution is 5.89. The highest BCUT2D eigenvalue weighted by Crippen LogP contribution is 2.29. The number of benzene rings is 2. The molecule has 0 radical (unpaired) electrons. The summed E-state index contributed by atoms with van der Waals surface area (Å²) in [6, 6.07) is 12.1. The van der Waals surface area contributed by atoms with Crippen LogP contribution in [0.1, 0.15) is 11.1 Å². The van der Waals surface area contributed by atoms with E-state index in [9.17, 15) is 9.59 Å². The number of ether oxygens (including phenoxy) is 3. The fourth-order valence-corrected chi connectivity index (χ4v) is 2.71. The number of methoxy groups -OCH3 is 1. The summed E-state index contributed by atoms with van der Waals surface area (Å²) in [5.41, 5.74) is 7.06. The Morgan fingerprint density at radius 1 is 1.16 bits per heavy atom. The van der Waals surface area contributed by atoms with Crippen LogP contribution in [-0.2, 0) is 9.59 Å². The van der Waals surface area contributed by atoms with Gasteiger partial charge in [-0.3, -0.25) is 4.79 Å². The van der Waals surface area contributed by atoms with Crippen LogP contribution in [0.25, 0.3) is 11.8 Å². The number of nitrogens with zero attached hydrogens (tertiary/aromatic N) is 2. The van der Waals surface area contributed by atoms with Gasteiger partial charge in [0, 0.05) is 24.0 Å². The highest BCUT2D eigenvalue weighted by atomic mass is 16.5. The van der Waals surface area contributed by atoms with Gasteiger partial charge in [-0.15, -0.1) is 0 Å². The van der Waals surface area contributed by atoms with Gasteiger partial charge in [0.15, 0.2) is 18.1 Å². The summed E-state index contributed by atoms with van der Waals surface area (Å²) in [4.78, 5) is 27.3. The zero-order chi connectivity index (χ0) is 22.2. The van der Waals surface area contributed by atoms with Gasteiger partial charge in [-0.05, 0) is 35.9 Å². The monoisotopic (exact) mass is 419 g/mol. The summed E-state index contributed by atoms with van der Waals surface area (Å²) in [6.45, 7) is 3.78. The van der Waals surface area contributed by atoms with Gasteiger partial charge in [0.05, 0.1) is 19.1 Å². The number of imidazole rings is 1. The molecule has 2 N–H and O–H groups in total. The summed E-state index contributed by atoms with van der Waals surface area (Å²) in [6.07, 6.45) is 7.89. The molecule has 0 atom stereocenters. The summed E-state index contributed by atoms with van der Waals surface area (Å²) < 4.78 is 17.8. The highest BCUT2D eigenvalue weighted by Gasteiger charge is 2.11. The molecule has 0 spiro atoms. The molecular weight excluding hydrogens is 398 g/mol. The maximum Gasteiger partial charge on any atom is 0.336 e. The van der Waals surface area contributed by atoms with Gasteiger partial charge < -0.3 is 24.5 Å². The van der Waals surface area contributed by atoms with Crippen molar-refractivity contribution in [2.24, 2.45) is 5.73 Å². The van der Waals surface area contributed by atoms with Gasteiger partial charge in [0.2, 0.25) is 0 Å². The maximum absolute atomic E-state index is 12.4. The quantitative estimate of drug-likeness (QED) is 0.325. The standard InChI is InChI=1S/C23H21N3O5/c1-16(26-12-11-25-15-26)18-5-3-4-6-19(18)31-23(28)10-8-17-7-9-20(21(13-17)29-2)30-14-22(24)27/h3-13,15H,1,14H2,2H3,(H2,24,27)/b10-8+. The van der Waals surface area contributed by atoms with E-state index in [-0.39, 0.29) is 6.61 Å². The first-order chi connectivity index (χ1) is 15.0. The fraction of sp³-hybridized carbons (Fsp3) is 0.0870. The number of esters is 1. The molecule has 3 aromatic rings. The summed E-state index contributed by atoms with van der Waals surface area (Å²) >= 11 is 0. The Bertz CT molecular complexity index is 1120. The molecule has 1 aromatic heterocycles. The molecule has 0 aliphatic rings. The van der Waals surface area contributed by atoms with Gasteiger partial charge in [-0.1, -0.05) is 24.8 Å². The van der Waals surface area contributed by atoms with Crippen molar-refractivity contribution in [3.63, 3.8) is 0 Å². The van der Waals surface area contributed by atoms with Crippen LogP contribution in [0.2, 0.25) is 0 Å². The predicted octanol–water partition coefficient (Wildman–Crippen LogP) is 2.89. The van der Waals surface area contributed by atoms with Crippen LogP contribution in [0.5, 0.6) is 17.2 Å². The van der Waals surface area contributed by atoms with Crippen molar-refractivity contribution < 1.29 is 23.8 Å². The van der Waals surface area contributed by atoms with Crippen molar-refractivity contribution in [1.29, 1.82) is 0 Å². The van der Waals surface area contributed by atoms with E-state index in [4.69, 9.17) is 19.9 Å². The van der Waals surface area contributed by atoms with Crippen molar-refractivity contribution in [2.45, 2.75) is 0 Å². The van der Waals surface area contributed by atoms with Crippen LogP contribution in [0, 0.1) is 0 Å². The number of aromatic nitrogens is 2. The molecule has 0 bridgehead atoms. The van der Waals surface area contributed by atoms with E-state index >= 15 is 0 Å². The van der Waals surface area contributed by atoms with Crippen molar-refractivity contribution in [3.8, 4) is 17.2 Å². The van der Waals surface area contributed by atoms with Crippen molar-refractivity contribution >= 4 is 23.6 Å². The first kappa shape index (κ1) is 21.4. The van der Waals surface area contributed by atoms with E-state index < -0.39 is 11.9 Å². The first-order valence-electron chi connectivity index (χ1n) is 9.23. The number of hydrogen-bond acceptors (Lipinski definition) is 6. The molecule has 3 rings (SSSR count). The molecule has 0 unspecified atom stereocenters. The van der Waals surface area contributed by atoms with Crippen molar-refractivity contribution in [2.75, 3.05) is 13.7 Å². The SMILES string of the molecule is C=C(c1ccccc1OC(=O)/C=C/c1ccc(OCC(N)=O)c(OC)c1)n1ccnc1. The Balaban J connectivity index is 1.71. The molecule has 0 fully saturated rings. The Kier molecular flexibility index (Phi) is 6.85. The number of primary amides is 1. The van der Waals surface area contributed by atoms with Crippen molar-refractivity contribution in [1.82, 2.24) is 9.55 Å². The fourth-order valence-electron chi connectivity index (χ4n) is 2.71. The Labute approximate surface area is 179 Å². The van der Waals surface area contributed by atoms with E-state index in [1.54, 1.807) is 59.7 Å². The number of amides is 1. The minimum Gasteiger partial charge on any atom is -0.493 e. The number of carbonyl (C=O) groups is 2. The molecule has 8 heteroatoms. The molecule has 1 amide bonds. The Morgan fingerprint density at radius 2 is 1.97 bits per heavy atom. The average molecular weight is 419 g/mol. The topological polar surface area (TPSA) is 106 Å². The van der Waals surface area contributed by atoms with E-state index in [1.165, 1.54) is 13.2 Å². The van der Waals surface area contributed by atoms with Gasteiger partial charge in [-0.25, -0.2) is 9.78 Å². The van der Waals surface area contributed by atoms with Crippen LogP contribution in [0.4, 0.5) is 0 Å². The third kappa shape index (κ3) is 5.60. The van der Waals surface area contributed by atoms with E-state index in [0.29, 0.717) is 34.1 Å². The third-order valence-corrected chi connectivity index (χ3v) is 4.19. The molecule has 0 saturated heterocycles. The molecule has 0 aliphatic heterocycles. The van der Waals surface area contributed by atoms with Crippen LogP contribution < -0.4 is 19.9 Å². The first-order valence-corrected chi connectivity index (χ1v) is 9.23. The Hall–Kier alpha value is -4.33. The minimum atomic E-state index is -0.593. The molecule has 8 nitrogen and oxygen atoms in total. The zero-order valence-electron chi connectivity index (χ0n) is 16.9. The second kappa shape index (κ2) is 9.93. The predicted molar refractivity (Wildman–Crippen MR) is 115 cm³/mol. The number of carbonyl (C=O) groups excluding carboxylic acids is 2. The minimum absolute atomic E-state index is 0.262. The lowest BCUT2D eigenvalue weighted by Crippen LogP contribution is -2.20. The summed E-state index contributed by atoms with van der Waals surface area (Å²) in [7, 11) is 1.47. The average Bonchev–Trinajstić information content (AvgIpc) is 3.31. The lowest BCUT2D eigenvalue weighted by molar-refractivity contribution is -0.129. The summed E-state index contributed by atoms with van der Waals surface area (Å²) in [5.74, 6) is -0.000910. The normalized spacial score (nSPS) is 10.6. The van der Waals surface area contributed by atoms with Crippen LogP contribution in [0.3, 0.4) is 0 Å². The molecule has 158 valence electrons. The third-order valence-electron chi connectivity index (χ3n) is 4.19. The van der Waals surface area contributed by atoms with Crippen LogP contribution >= 0.6 is 0 Å². The Morgan fingerprint density at radius 3 is 2.68 bits per heavy atom. The zero-order valence-corrected chi connectivity index (χ0v) is 16.9. The van der Waals surface area contributed by atoms with Gasteiger partial charge in [0.25, 0.3) is 5.91 Å². The van der Waals surface area contributed by atoms with Gasteiger partial charge in [-0.2, -0.15) is 0 Å². The lowest BCUT2D eigenvalue weighted by atomic mass is 10.1.